The number of hydrogen-bond acceptors (Lipinski definition) is 4. The number of nitrogens with one attached hydrogen (secondary N) is 1. The molecular formula is C21H28Cl2F3N3O3S. The van der Waals surface area contributed by atoms with Crippen LogP contribution in [-0.4, -0.2) is 73.5 Å². The Kier molecular flexibility index (Phi) is 8.26. The molecule has 1 amide bonds. The molecule has 0 bridgehead atoms. The average Bonchev–Trinajstić information content (AvgIpc) is 2.73. The van der Waals surface area contributed by atoms with Crippen LogP contribution in [0, 0.1) is 5.82 Å². The molecule has 1 aromatic carbocycles. The summed E-state index contributed by atoms with van der Waals surface area (Å²) in [5, 5.41) is 2.58. The molecule has 0 aromatic heterocycles. The van der Waals surface area contributed by atoms with E-state index >= 15 is 0 Å². The van der Waals surface area contributed by atoms with Gasteiger partial charge in [0, 0.05) is 56.1 Å². The number of rotatable bonds is 7. The highest BCUT2D eigenvalue weighted by Gasteiger charge is 2.47. The standard InChI is InChI=1S/C21H28Cl2F3N3O3S/c1-2-11-33(31,32)29-9-7-28(8-10-29)20(3-5-21(25,26)6-4-20)14-27-19(30)18-16(23)12-15(22)13-17(18)24/h12-13H,2-11,14H2,1H3,(H,27,30). The molecule has 3 rings (SSSR count). The third kappa shape index (κ3) is 6.14. The van der Waals surface area contributed by atoms with Gasteiger partial charge in [0.1, 0.15) is 5.82 Å². The van der Waals surface area contributed by atoms with Crippen molar-refractivity contribution in [3.05, 3.63) is 33.6 Å². The van der Waals surface area contributed by atoms with Crippen molar-refractivity contribution in [2.75, 3.05) is 38.5 Å². The van der Waals surface area contributed by atoms with E-state index < -0.39 is 33.2 Å². The van der Waals surface area contributed by atoms with Crippen molar-refractivity contribution in [2.24, 2.45) is 0 Å². The summed E-state index contributed by atoms with van der Waals surface area (Å²) in [4.78, 5) is 14.7. The second kappa shape index (κ2) is 10.3. The molecule has 1 aliphatic heterocycles. The Bertz CT molecular complexity index is 953. The number of halogens is 5. The molecule has 0 radical (unpaired) electrons. The van der Waals surface area contributed by atoms with E-state index in [9.17, 15) is 26.4 Å². The van der Waals surface area contributed by atoms with Crippen LogP contribution in [0.1, 0.15) is 49.4 Å². The summed E-state index contributed by atoms with van der Waals surface area (Å²) in [6.07, 6.45) is 0.0790. The number of carbonyl (C=O) groups is 1. The van der Waals surface area contributed by atoms with Crippen molar-refractivity contribution < 1.29 is 26.4 Å². The van der Waals surface area contributed by atoms with E-state index in [0.717, 1.165) is 6.07 Å². The van der Waals surface area contributed by atoms with Crippen LogP contribution in [0.15, 0.2) is 12.1 Å². The normalized spacial score (nSPS) is 21.6. The van der Waals surface area contributed by atoms with Crippen LogP contribution in [0.25, 0.3) is 0 Å². The number of sulfonamides is 1. The number of nitrogens with zero attached hydrogens (tertiary/aromatic N) is 2. The van der Waals surface area contributed by atoms with Crippen molar-refractivity contribution in [1.29, 1.82) is 0 Å². The number of piperazine rings is 1. The zero-order valence-electron chi connectivity index (χ0n) is 18.4. The monoisotopic (exact) mass is 529 g/mol. The van der Waals surface area contributed by atoms with Crippen molar-refractivity contribution in [3.8, 4) is 0 Å². The fourth-order valence-corrected chi connectivity index (χ4v) is 6.65. The Morgan fingerprint density at radius 1 is 1.09 bits per heavy atom. The first kappa shape index (κ1) is 26.5. The quantitative estimate of drug-likeness (QED) is 0.575. The molecule has 1 aromatic rings. The van der Waals surface area contributed by atoms with Crippen molar-refractivity contribution >= 4 is 39.1 Å². The van der Waals surface area contributed by atoms with Crippen molar-refractivity contribution in [1.82, 2.24) is 14.5 Å². The van der Waals surface area contributed by atoms with Crippen LogP contribution in [0.2, 0.25) is 10.0 Å². The molecular weight excluding hydrogens is 502 g/mol. The van der Waals surface area contributed by atoms with Gasteiger partial charge in [0.15, 0.2) is 0 Å². The summed E-state index contributed by atoms with van der Waals surface area (Å²) in [7, 11) is -3.35. The molecule has 1 heterocycles. The molecule has 186 valence electrons. The van der Waals surface area contributed by atoms with Gasteiger partial charge < -0.3 is 5.32 Å². The average molecular weight is 530 g/mol. The highest BCUT2D eigenvalue weighted by atomic mass is 35.5. The van der Waals surface area contributed by atoms with E-state index in [1.54, 1.807) is 6.92 Å². The minimum atomic E-state index is -3.35. The lowest BCUT2D eigenvalue weighted by atomic mass is 9.78. The van der Waals surface area contributed by atoms with E-state index in [2.05, 4.69) is 5.32 Å². The summed E-state index contributed by atoms with van der Waals surface area (Å²) in [5.41, 5.74) is -1.14. The van der Waals surface area contributed by atoms with Gasteiger partial charge in [0.25, 0.3) is 5.91 Å². The Morgan fingerprint density at radius 2 is 1.70 bits per heavy atom. The van der Waals surface area contributed by atoms with E-state index in [0.29, 0.717) is 19.5 Å². The molecule has 0 unspecified atom stereocenters. The minimum absolute atomic E-state index is 0.0159. The Labute approximate surface area is 202 Å². The summed E-state index contributed by atoms with van der Waals surface area (Å²) in [6, 6.07) is 2.24. The number of hydrogen-bond donors (Lipinski definition) is 1. The molecule has 1 saturated carbocycles. The fourth-order valence-electron chi connectivity index (χ4n) is 4.61. The summed E-state index contributed by atoms with van der Waals surface area (Å²) >= 11 is 11.8. The summed E-state index contributed by atoms with van der Waals surface area (Å²) in [6.45, 7) is 3.05. The maximum Gasteiger partial charge on any atom is 0.255 e. The van der Waals surface area contributed by atoms with Gasteiger partial charge >= 0.3 is 0 Å². The van der Waals surface area contributed by atoms with E-state index in [-0.39, 0.29) is 66.7 Å². The van der Waals surface area contributed by atoms with Gasteiger partial charge in [-0.3, -0.25) is 9.69 Å². The maximum absolute atomic E-state index is 14.3. The molecule has 2 aliphatic rings. The number of benzene rings is 1. The molecule has 1 N–H and O–H groups in total. The van der Waals surface area contributed by atoms with Crippen LogP contribution in [0.5, 0.6) is 0 Å². The lowest BCUT2D eigenvalue weighted by molar-refractivity contribution is -0.0856. The summed E-state index contributed by atoms with van der Waals surface area (Å²) in [5.74, 6) is -4.35. The van der Waals surface area contributed by atoms with Gasteiger partial charge in [0.05, 0.1) is 16.3 Å². The molecule has 0 spiro atoms. The number of carbonyl (C=O) groups excluding carboxylic acids is 1. The van der Waals surface area contributed by atoms with E-state index in [1.165, 1.54) is 10.4 Å². The minimum Gasteiger partial charge on any atom is -0.350 e. The Hall–Kier alpha value is -1.07. The second-order valence-electron chi connectivity index (χ2n) is 8.71. The van der Waals surface area contributed by atoms with Crippen LogP contribution in [0.4, 0.5) is 13.2 Å². The smallest absolute Gasteiger partial charge is 0.255 e. The second-order valence-corrected chi connectivity index (χ2v) is 11.6. The van der Waals surface area contributed by atoms with Gasteiger partial charge in [-0.15, -0.1) is 0 Å². The number of alkyl halides is 2. The third-order valence-corrected chi connectivity index (χ3v) is 9.08. The maximum atomic E-state index is 14.3. The molecule has 1 saturated heterocycles. The fraction of sp³-hybridized carbons (Fsp3) is 0.667. The lowest BCUT2D eigenvalue weighted by Crippen LogP contribution is -2.63. The Balaban J connectivity index is 1.75. The van der Waals surface area contributed by atoms with Gasteiger partial charge in [-0.05, 0) is 31.4 Å². The van der Waals surface area contributed by atoms with Crippen LogP contribution in [0.3, 0.4) is 0 Å². The van der Waals surface area contributed by atoms with Crippen LogP contribution >= 0.6 is 23.2 Å². The number of amides is 1. The molecule has 6 nitrogen and oxygen atoms in total. The molecule has 0 atom stereocenters. The van der Waals surface area contributed by atoms with Gasteiger partial charge in [-0.2, -0.15) is 4.31 Å². The molecule has 33 heavy (non-hydrogen) atoms. The molecule has 1 aliphatic carbocycles. The highest BCUT2D eigenvalue weighted by molar-refractivity contribution is 7.89. The van der Waals surface area contributed by atoms with E-state index in [4.69, 9.17) is 23.2 Å². The molecule has 2 fully saturated rings. The zero-order chi connectivity index (χ0) is 24.4. The first-order valence-corrected chi connectivity index (χ1v) is 13.3. The predicted molar refractivity (Wildman–Crippen MR) is 122 cm³/mol. The lowest BCUT2D eigenvalue weighted by Gasteiger charge is -2.50. The largest absolute Gasteiger partial charge is 0.350 e. The van der Waals surface area contributed by atoms with Gasteiger partial charge in [-0.1, -0.05) is 30.1 Å². The highest BCUT2D eigenvalue weighted by Crippen LogP contribution is 2.42. The van der Waals surface area contributed by atoms with Crippen LogP contribution < -0.4 is 5.32 Å². The first-order valence-electron chi connectivity index (χ1n) is 10.9. The van der Waals surface area contributed by atoms with Crippen LogP contribution in [-0.2, 0) is 10.0 Å². The van der Waals surface area contributed by atoms with Gasteiger partial charge in [-0.25, -0.2) is 21.6 Å². The SMILES string of the molecule is CCCS(=O)(=O)N1CCN(C2(CNC(=O)c3c(F)cc(Cl)cc3Cl)CCC(F)(F)CC2)CC1. The van der Waals surface area contributed by atoms with Crippen molar-refractivity contribution in [3.63, 3.8) is 0 Å². The zero-order valence-corrected chi connectivity index (χ0v) is 20.7. The topological polar surface area (TPSA) is 69.7 Å². The van der Waals surface area contributed by atoms with E-state index in [1.807, 2.05) is 4.90 Å². The van der Waals surface area contributed by atoms with Gasteiger partial charge in [0.2, 0.25) is 15.9 Å². The van der Waals surface area contributed by atoms with Crippen molar-refractivity contribution in [2.45, 2.75) is 50.5 Å². The molecule has 12 heteroatoms. The first-order chi connectivity index (χ1) is 15.4. The predicted octanol–water partition coefficient (Wildman–Crippen LogP) is 4.17. The third-order valence-electron chi connectivity index (χ3n) is 6.49. The Morgan fingerprint density at radius 3 is 2.24 bits per heavy atom. The summed E-state index contributed by atoms with van der Waals surface area (Å²) < 4.78 is 68.4.